The number of urea groups is 1. The van der Waals surface area contributed by atoms with E-state index in [0.717, 1.165) is 38.5 Å². The molecule has 0 unspecified atom stereocenters. The molecule has 1 saturated heterocycles. The number of hydrogen-bond acceptors (Lipinski definition) is 3. The van der Waals surface area contributed by atoms with E-state index in [9.17, 15) is 14.0 Å². The molecule has 8 heteroatoms. The Bertz CT molecular complexity index is 774. The predicted octanol–water partition coefficient (Wildman–Crippen LogP) is -0.467. The van der Waals surface area contributed by atoms with E-state index in [0.29, 0.717) is 24.2 Å². The van der Waals surface area contributed by atoms with Gasteiger partial charge in [-0.3, -0.25) is 9.69 Å². The quantitative estimate of drug-likeness (QED) is 0.748. The van der Waals surface area contributed by atoms with Crippen molar-refractivity contribution in [1.82, 2.24) is 15.1 Å². The molecule has 1 aromatic rings. The minimum Gasteiger partial charge on any atom is -0.370 e. The van der Waals surface area contributed by atoms with Gasteiger partial charge in [-0.25, -0.2) is 9.18 Å². The number of likely N-dealkylation sites (N-methyl/N-ethyl adjacent to an activating group) is 1. The van der Waals surface area contributed by atoms with Gasteiger partial charge in [-0.15, -0.1) is 0 Å². The van der Waals surface area contributed by atoms with Crippen molar-refractivity contribution in [1.29, 1.82) is 0 Å². The van der Waals surface area contributed by atoms with Crippen LogP contribution in [0.2, 0.25) is 0 Å². The number of rotatable bonds is 4. The Hall–Kier alpha value is -2.45. The van der Waals surface area contributed by atoms with E-state index in [2.05, 4.69) is 5.32 Å². The Balaban J connectivity index is 1.53. The van der Waals surface area contributed by atoms with Crippen LogP contribution >= 0.6 is 0 Å². The summed E-state index contributed by atoms with van der Waals surface area (Å²) in [5.41, 5.74) is 2.02. The van der Waals surface area contributed by atoms with Crippen molar-refractivity contribution < 1.29 is 23.6 Å². The molecular formula is C19H24FN4O3+. The molecule has 0 saturated carbocycles. The first-order valence-corrected chi connectivity index (χ1v) is 9.28. The lowest BCUT2D eigenvalue weighted by atomic mass is 9.96. The molecule has 0 aromatic heterocycles. The van der Waals surface area contributed by atoms with Crippen LogP contribution < -0.4 is 10.2 Å². The zero-order valence-corrected chi connectivity index (χ0v) is 15.3. The van der Waals surface area contributed by atoms with Crippen molar-refractivity contribution in [3.05, 3.63) is 46.9 Å². The van der Waals surface area contributed by atoms with Crippen molar-refractivity contribution in [2.24, 2.45) is 0 Å². The Morgan fingerprint density at radius 2 is 1.93 bits per heavy atom. The molecular weight excluding hydrogens is 351 g/mol. The number of amides is 3. The van der Waals surface area contributed by atoms with E-state index in [1.165, 1.54) is 21.9 Å². The second kappa shape index (κ2) is 7.28. The van der Waals surface area contributed by atoms with Crippen molar-refractivity contribution >= 4 is 11.9 Å². The summed E-state index contributed by atoms with van der Waals surface area (Å²) in [6.07, 6.45) is 0. The van der Waals surface area contributed by atoms with Gasteiger partial charge < -0.3 is 19.9 Å². The maximum Gasteiger partial charge on any atom is 0.322 e. The highest BCUT2D eigenvalue weighted by atomic mass is 19.1. The van der Waals surface area contributed by atoms with Crippen LogP contribution in [0.3, 0.4) is 0 Å². The summed E-state index contributed by atoms with van der Waals surface area (Å²) >= 11 is 0. The van der Waals surface area contributed by atoms with Gasteiger partial charge in [-0.2, -0.15) is 0 Å². The van der Waals surface area contributed by atoms with Crippen LogP contribution in [0.1, 0.15) is 11.6 Å². The highest BCUT2D eigenvalue weighted by Gasteiger charge is 2.43. The molecule has 1 aromatic carbocycles. The van der Waals surface area contributed by atoms with Gasteiger partial charge in [-0.05, 0) is 17.7 Å². The zero-order valence-electron chi connectivity index (χ0n) is 15.3. The summed E-state index contributed by atoms with van der Waals surface area (Å²) in [5, 5.41) is 2.87. The molecule has 3 heterocycles. The van der Waals surface area contributed by atoms with Gasteiger partial charge in [-0.1, -0.05) is 12.1 Å². The molecule has 3 amide bonds. The number of hydrogen-bond donors (Lipinski definition) is 2. The van der Waals surface area contributed by atoms with E-state index >= 15 is 0 Å². The lowest BCUT2D eigenvalue weighted by Crippen LogP contribution is -3.14. The van der Waals surface area contributed by atoms with E-state index in [1.807, 2.05) is 0 Å². The van der Waals surface area contributed by atoms with Gasteiger partial charge in [0.2, 0.25) is 0 Å². The summed E-state index contributed by atoms with van der Waals surface area (Å²) < 4.78 is 18.7. The fraction of sp³-hybridized carbons (Fsp3) is 0.474. The molecule has 3 aliphatic rings. The molecule has 0 bridgehead atoms. The predicted molar refractivity (Wildman–Crippen MR) is 95.4 cm³/mol. The third-order valence-electron chi connectivity index (χ3n) is 5.57. The lowest BCUT2D eigenvalue weighted by molar-refractivity contribution is -0.907. The number of quaternary nitrogens is 1. The highest BCUT2D eigenvalue weighted by molar-refractivity contribution is 6.01. The Kier molecular flexibility index (Phi) is 4.84. The number of carbonyl (C=O) groups excluding carboxylic acids is 2. The second-order valence-corrected chi connectivity index (χ2v) is 7.19. The second-order valence-electron chi connectivity index (χ2n) is 7.19. The van der Waals surface area contributed by atoms with Gasteiger partial charge >= 0.3 is 6.03 Å². The number of halogens is 1. The third kappa shape index (κ3) is 3.42. The minimum atomic E-state index is -0.544. The first kappa shape index (κ1) is 17.9. The van der Waals surface area contributed by atoms with Gasteiger partial charge in [0.15, 0.2) is 0 Å². The van der Waals surface area contributed by atoms with E-state index in [4.69, 9.17) is 4.74 Å². The maximum atomic E-state index is 13.3. The number of ether oxygens (including phenoxy) is 1. The molecule has 7 nitrogen and oxygen atoms in total. The maximum absolute atomic E-state index is 13.3. The van der Waals surface area contributed by atoms with Crippen LogP contribution in [0.25, 0.3) is 0 Å². The SMILES string of the molecule is CN1C(=O)N[C@@H](c2ccc(F)cc2)C2=C1CN(CC[NH+]1CCOCC1)C2=O. The van der Waals surface area contributed by atoms with E-state index in [1.54, 1.807) is 24.1 Å². The van der Waals surface area contributed by atoms with Crippen LogP contribution in [-0.2, 0) is 9.53 Å². The molecule has 4 rings (SSSR count). The molecule has 0 radical (unpaired) electrons. The van der Waals surface area contributed by atoms with Crippen LogP contribution in [0.5, 0.6) is 0 Å². The first-order valence-electron chi connectivity index (χ1n) is 9.28. The zero-order chi connectivity index (χ0) is 19.0. The molecule has 2 N–H and O–H groups in total. The van der Waals surface area contributed by atoms with E-state index in [-0.39, 0.29) is 17.8 Å². The largest absolute Gasteiger partial charge is 0.370 e. The summed E-state index contributed by atoms with van der Waals surface area (Å²) in [7, 11) is 1.68. The first-order chi connectivity index (χ1) is 13.0. The van der Waals surface area contributed by atoms with Gasteiger partial charge in [0.1, 0.15) is 18.9 Å². The minimum absolute atomic E-state index is 0.0566. The average Bonchev–Trinajstić information content (AvgIpc) is 3.01. The van der Waals surface area contributed by atoms with Crippen LogP contribution in [0, 0.1) is 5.82 Å². The summed E-state index contributed by atoms with van der Waals surface area (Å²) in [4.78, 5) is 30.2. The average molecular weight is 375 g/mol. The molecule has 0 aliphatic carbocycles. The van der Waals surface area contributed by atoms with Crippen molar-refractivity contribution in [3.63, 3.8) is 0 Å². The normalized spacial score (nSPS) is 23.7. The molecule has 27 heavy (non-hydrogen) atoms. The van der Waals surface area contributed by atoms with Crippen LogP contribution in [0.4, 0.5) is 9.18 Å². The highest BCUT2D eigenvalue weighted by Crippen LogP contribution is 2.35. The number of nitrogens with one attached hydrogen (secondary N) is 2. The standard InChI is InChI=1S/C19H23FN4O3/c1-22-15-12-24(7-6-23-8-10-27-11-9-23)18(25)16(15)17(21-19(22)26)13-2-4-14(20)5-3-13/h2-5,17H,6-12H2,1H3,(H,21,26)/p+1/t17-/m0/s1. The molecule has 0 spiro atoms. The van der Waals surface area contributed by atoms with Crippen LogP contribution in [0.15, 0.2) is 35.5 Å². The van der Waals surface area contributed by atoms with Crippen LogP contribution in [-0.4, -0.2) is 74.7 Å². The number of nitrogens with zero attached hydrogens (tertiary/aromatic N) is 2. The van der Waals surface area contributed by atoms with Crippen molar-refractivity contribution in [3.8, 4) is 0 Å². The van der Waals surface area contributed by atoms with Crippen molar-refractivity contribution in [2.45, 2.75) is 6.04 Å². The molecule has 1 fully saturated rings. The summed E-state index contributed by atoms with van der Waals surface area (Å²) in [6, 6.07) is 5.13. The Morgan fingerprint density at radius 3 is 2.63 bits per heavy atom. The van der Waals surface area contributed by atoms with Gasteiger partial charge in [0.25, 0.3) is 5.91 Å². The molecule has 144 valence electrons. The topological polar surface area (TPSA) is 66.3 Å². The third-order valence-corrected chi connectivity index (χ3v) is 5.57. The Labute approximate surface area is 157 Å². The lowest BCUT2D eigenvalue weighted by Gasteiger charge is -2.31. The monoisotopic (exact) mass is 375 g/mol. The van der Waals surface area contributed by atoms with Gasteiger partial charge in [0, 0.05) is 7.05 Å². The summed E-state index contributed by atoms with van der Waals surface area (Å²) in [5.74, 6) is -0.404. The fourth-order valence-corrected chi connectivity index (χ4v) is 3.91. The smallest absolute Gasteiger partial charge is 0.322 e. The number of morpholine rings is 1. The molecule has 3 aliphatic heterocycles. The fourth-order valence-electron chi connectivity index (χ4n) is 3.91. The number of carbonyl (C=O) groups is 2. The van der Waals surface area contributed by atoms with Gasteiger partial charge in [0.05, 0.1) is 50.2 Å². The summed E-state index contributed by atoms with van der Waals surface area (Å²) in [6.45, 7) is 5.35. The molecule has 1 atom stereocenters. The number of benzene rings is 1. The van der Waals surface area contributed by atoms with Crippen molar-refractivity contribution in [2.75, 3.05) is 53.0 Å². The Morgan fingerprint density at radius 1 is 1.22 bits per heavy atom. The van der Waals surface area contributed by atoms with E-state index < -0.39 is 6.04 Å².